The first-order valence-electron chi connectivity index (χ1n) is 11.8. The van der Waals surface area contributed by atoms with Gasteiger partial charge in [0.2, 0.25) is 5.91 Å². The molecule has 3 heterocycles. The summed E-state index contributed by atoms with van der Waals surface area (Å²) in [7, 11) is 1.73. The number of aryl methyl sites for hydroxylation is 1. The van der Waals surface area contributed by atoms with Crippen LogP contribution in [0.4, 0.5) is 13.2 Å². The molecule has 4 rings (SSSR count). The Kier molecular flexibility index (Phi) is 7.94. The fraction of sp³-hybridized carbons (Fsp3) is 0.440. The van der Waals surface area contributed by atoms with Crippen molar-refractivity contribution in [2.75, 3.05) is 39.5 Å². The minimum absolute atomic E-state index is 0.00749. The smallest absolute Gasteiger partial charge is 0.419 e. The summed E-state index contributed by atoms with van der Waals surface area (Å²) in [6, 6.07) is 6.93. The van der Waals surface area contributed by atoms with Crippen LogP contribution in [0.3, 0.4) is 0 Å². The fourth-order valence-corrected chi connectivity index (χ4v) is 4.13. The monoisotopic (exact) mass is 516 g/mol. The van der Waals surface area contributed by atoms with E-state index in [2.05, 4.69) is 15.3 Å². The fourth-order valence-electron chi connectivity index (χ4n) is 4.13. The van der Waals surface area contributed by atoms with Crippen molar-refractivity contribution in [1.82, 2.24) is 24.8 Å². The molecule has 1 aliphatic rings. The van der Waals surface area contributed by atoms with Crippen molar-refractivity contribution in [3.63, 3.8) is 0 Å². The SMILES string of the molecule is CC(C(=O)NCCCOc1ccc(-c2cc3c(ncn3C)c(C#N)n2)cc1C(F)(F)F)N1CCOCC1. The van der Waals surface area contributed by atoms with Crippen LogP contribution in [0.5, 0.6) is 5.75 Å². The Morgan fingerprint density at radius 3 is 2.76 bits per heavy atom. The first-order chi connectivity index (χ1) is 17.7. The van der Waals surface area contributed by atoms with Crippen molar-refractivity contribution < 1.29 is 27.4 Å². The van der Waals surface area contributed by atoms with E-state index in [9.17, 15) is 23.2 Å². The summed E-state index contributed by atoms with van der Waals surface area (Å²) in [5.41, 5.74) is 0.481. The topological polar surface area (TPSA) is 105 Å². The van der Waals surface area contributed by atoms with Crippen LogP contribution < -0.4 is 10.1 Å². The standard InChI is InChI=1S/C25H27F3N6O3/c1-16(34-7-10-36-11-8-34)24(35)30-6-3-9-37-22-5-4-17(12-18(22)25(26,27)28)19-13-21-23(20(14-29)32-19)31-15-33(21)2/h4-5,12-13,15-16H,3,6-11H2,1-2H3,(H,30,35). The number of alkyl halides is 3. The predicted octanol–water partition coefficient (Wildman–Crippen LogP) is 3.13. The molecule has 1 fully saturated rings. The third-order valence-corrected chi connectivity index (χ3v) is 6.25. The first kappa shape index (κ1) is 26.4. The van der Waals surface area contributed by atoms with E-state index in [0.717, 1.165) is 6.07 Å². The van der Waals surface area contributed by atoms with Crippen molar-refractivity contribution in [3.8, 4) is 23.1 Å². The van der Waals surface area contributed by atoms with E-state index in [1.54, 1.807) is 17.7 Å². The van der Waals surface area contributed by atoms with Crippen molar-refractivity contribution in [2.45, 2.75) is 25.6 Å². The van der Waals surface area contributed by atoms with Crippen molar-refractivity contribution in [3.05, 3.63) is 41.9 Å². The number of amides is 1. The number of nitrogens with one attached hydrogen (secondary N) is 1. The van der Waals surface area contributed by atoms with E-state index >= 15 is 0 Å². The lowest BCUT2D eigenvalue weighted by molar-refractivity contribution is -0.138. The molecule has 0 spiro atoms. The summed E-state index contributed by atoms with van der Waals surface area (Å²) in [5.74, 6) is -0.455. The number of nitriles is 1. The van der Waals surface area contributed by atoms with Gasteiger partial charge >= 0.3 is 6.18 Å². The van der Waals surface area contributed by atoms with E-state index in [4.69, 9.17) is 9.47 Å². The molecule has 0 bridgehead atoms. The molecule has 196 valence electrons. The molecule has 1 amide bonds. The van der Waals surface area contributed by atoms with Crippen LogP contribution in [-0.4, -0.2) is 70.8 Å². The number of ether oxygens (including phenoxy) is 2. The Labute approximate surface area is 211 Å². The molecule has 1 atom stereocenters. The maximum Gasteiger partial charge on any atom is 0.419 e. The van der Waals surface area contributed by atoms with Crippen molar-refractivity contribution in [2.24, 2.45) is 7.05 Å². The average Bonchev–Trinajstić information content (AvgIpc) is 3.27. The number of pyridine rings is 1. The highest BCUT2D eigenvalue weighted by Gasteiger charge is 2.35. The van der Waals surface area contributed by atoms with Gasteiger partial charge < -0.3 is 19.4 Å². The highest BCUT2D eigenvalue weighted by atomic mass is 19.4. The van der Waals surface area contributed by atoms with Crippen LogP contribution in [0.25, 0.3) is 22.3 Å². The number of imidazole rings is 1. The molecular formula is C25H27F3N6O3. The molecule has 0 aliphatic carbocycles. The molecule has 1 saturated heterocycles. The molecule has 12 heteroatoms. The largest absolute Gasteiger partial charge is 0.493 e. The second kappa shape index (κ2) is 11.1. The number of halogens is 3. The molecule has 1 N–H and O–H groups in total. The summed E-state index contributed by atoms with van der Waals surface area (Å²) >= 11 is 0. The van der Waals surface area contributed by atoms with Gasteiger partial charge in [-0.3, -0.25) is 9.69 Å². The normalized spacial score (nSPS) is 15.4. The number of nitrogens with zero attached hydrogens (tertiary/aromatic N) is 5. The number of benzene rings is 1. The van der Waals surface area contributed by atoms with Gasteiger partial charge in [0.15, 0.2) is 5.69 Å². The Bertz CT molecular complexity index is 1310. The molecule has 9 nitrogen and oxygen atoms in total. The van der Waals surface area contributed by atoms with Gasteiger partial charge in [0.25, 0.3) is 0 Å². The Balaban J connectivity index is 1.42. The van der Waals surface area contributed by atoms with Gasteiger partial charge in [-0.25, -0.2) is 9.97 Å². The lowest BCUT2D eigenvalue weighted by Gasteiger charge is -2.31. The molecule has 3 aromatic rings. The maximum absolute atomic E-state index is 13.9. The number of morpholine rings is 1. The average molecular weight is 517 g/mol. The van der Waals surface area contributed by atoms with E-state index in [1.165, 1.54) is 18.5 Å². The van der Waals surface area contributed by atoms with Gasteiger partial charge in [0, 0.05) is 32.2 Å². The third kappa shape index (κ3) is 6.00. The van der Waals surface area contributed by atoms with E-state index in [-0.39, 0.29) is 47.8 Å². The summed E-state index contributed by atoms with van der Waals surface area (Å²) < 4.78 is 54.0. The third-order valence-electron chi connectivity index (χ3n) is 6.25. The zero-order chi connectivity index (χ0) is 26.6. The molecule has 2 aromatic heterocycles. The molecule has 37 heavy (non-hydrogen) atoms. The number of hydrogen-bond acceptors (Lipinski definition) is 7. The number of aromatic nitrogens is 3. The molecule has 0 saturated carbocycles. The molecular weight excluding hydrogens is 489 g/mol. The second-order valence-corrected chi connectivity index (χ2v) is 8.72. The molecule has 1 unspecified atom stereocenters. The van der Waals surface area contributed by atoms with Gasteiger partial charge in [0.05, 0.1) is 49.0 Å². The van der Waals surface area contributed by atoms with Crippen molar-refractivity contribution >= 4 is 16.9 Å². The Morgan fingerprint density at radius 1 is 1.30 bits per heavy atom. The lowest BCUT2D eigenvalue weighted by atomic mass is 10.1. The van der Waals surface area contributed by atoms with E-state index < -0.39 is 11.7 Å². The zero-order valence-corrected chi connectivity index (χ0v) is 20.5. The number of carbonyl (C=O) groups is 1. The lowest BCUT2D eigenvalue weighted by Crippen LogP contribution is -2.49. The van der Waals surface area contributed by atoms with Gasteiger partial charge in [0.1, 0.15) is 17.3 Å². The van der Waals surface area contributed by atoms with Gasteiger partial charge in [-0.05, 0) is 37.6 Å². The Hall–Kier alpha value is -3.69. The van der Waals surface area contributed by atoms with E-state index in [0.29, 0.717) is 43.8 Å². The summed E-state index contributed by atoms with van der Waals surface area (Å²) in [4.78, 5) is 22.7. The first-order valence-corrected chi connectivity index (χ1v) is 11.8. The van der Waals surface area contributed by atoms with Gasteiger partial charge in [-0.15, -0.1) is 0 Å². The highest BCUT2D eigenvalue weighted by Crippen LogP contribution is 2.39. The second-order valence-electron chi connectivity index (χ2n) is 8.72. The van der Waals surface area contributed by atoms with E-state index in [1.807, 2.05) is 17.9 Å². The zero-order valence-electron chi connectivity index (χ0n) is 20.5. The number of fused-ring (bicyclic) bond motifs is 1. The van der Waals surface area contributed by atoms with Crippen LogP contribution in [-0.2, 0) is 22.8 Å². The summed E-state index contributed by atoms with van der Waals surface area (Å²) in [6.45, 7) is 4.60. The number of carbonyl (C=O) groups excluding carboxylic acids is 1. The summed E-state index contributed by atoms with van der Waals surface area (Å²) in [6.07, 6.45) is -2.81. The van der Waals surface area contributed by atoms with Crippen LogP contribution in [0, 0.1) is 11.3 Å². The highest BCUT2D eigenvalue weighted by molar-refractivity contribution is 5.84. The van der Waals surface area contributed by atoms with Crippen LogP contribution in [0.15, 0.2) is 30.6 Å². The predicted molar refractivity (Wildman–Crippen MR) is 129 cm³/mol. The molecule has 0 radical (unpaired) electrons. The van der Waals surface area contributed by atoms with Crippen LogP contribution >= 0.6 is 0 Å². The van der Waals surface area contributed by atoms with Crippen LogP contribution in [0.2, 0.25) is 0 Å². The minimum Gasteiger partial charge on any atom is -0.493 e. The Morgan fingerprint density at radius 2 is 2.05 bits per heavy atom. The van der Waals surface area contributed by atoms with Gasteiger partial charge in [-0.1, -0.05) is 0 Å². The number of rotatable bonds is 8. The quantitative estimate of drug-likeness (QED) is 0.459. The molecule has 1 aliphatic heterocycles. The molecule has 1 aromatic carbocycles. The summed E-state index contributed by atoms with van der Waals surface area (Å²) in [5, 5.41) is 12.2. The maximum atomic E-state index is 13.9. The van der Waals surface area contributed by atoms with Crippen molar-refractivity contribution in [1.29, 1.82) is 5.26 Å². The van der Waals surface area contributed by atoms with Gasteiger partial charge in [-0.2, -0.15) is 18.4 Å². The number of hydrogen-bond donors (Lipinski definition) is 1. The van der Waals surface area contributed by atoms with Crippen LogP contribution in [0.1, 0.15) is 24.6 Å². The minimum atomic E-state index is -4.66.